The first-order valence-electron chi connectivity index (χ1n) is 10.7. The van der Waals surface area contributed by atoms with Crippen molar-refractivity contribution in [3.05, 3.63) is 47.8 Å². The number of amides is 2. The van der Waals surface area contributed by atoms with Crippen molar-refractivity contribution >= 4 is 27.5 Å². The van der Waals surface area contributed by atoms with Crippen molar-refractivity contribution < 1.29 is 18.0 Å². The predicted octanol–water partition coefficient (Wildman–Crippen LogP) is 2.16. The number of benzene rings is 1. The van der Waals surface area contributed by atoms with Crippen LogP contribution in [0.2, 0.25) is 0 Å². The molecule has 2 amide bonds. The monoisotopic (exact) mass is 455 g/mol. The second-order valence-electron chi connectivity index (χ2n) is 8.13. The third-order valence-electron chi connectivity index (χ3n) is 5.93. The van der Waals surface area contributed by atoms with E-state index >= 15 is 0 Å². The molecule has 10 heteroatoms. The first-order chi connectivity index (χ1) is 15.4. The highest BCUT2D eigenvalue weighted by atomic mass is 32.2. The number of likely N-dealkylation sites (tertiary alicyclic amines) is 1. The standard InChI is InChI=1S/C22H25N5O4S/c23-13-16-5-3-7-18(11-16)25-21(28)17-6-4-10-27(15-17)32(30,31)19-12-20(24-14-19)22(29)26-8-1-2-9-26/h3,5,7,11-12,14,17,24H,1-2,4,6,8-10,15H2,(H,25,28). The van der Waals surface area contributed by atoms with Gasteiger partial charge in [-0.2, -0.15) is 9.57 Å². The highest BCUT2D eigenvalue weighted by Crippen LogP contribution is 2.26. The van der Waals surface area contributed by atoms with Crippen LogP contribution in [0.1, 0.15) is 41.7 Å². The van der Waals surface area contributed by atoms with E-state index < -0.39 is 15.9 Å². The molecule has 1 atom stereocenters. The van der Waals surface area contributed by atoms with Crippen molar-refractivity contribution in [3.63, 3.8) is 0 Å². The number of carbonyl (C=O) groups is 2. The maximum atomic E-state index is 13.2. The highest BCUT2D eigenvalue weighted by molar-refractivity contribution is 7.89. The van der Waals surface area contributed by atoms with Gasteiger partial charge in [-0.25, -0.2) is 8.42 Å². The first kappa shape index (κ1) is 22.0. The second kappa shape index (κ2) is 9.14. The van der Waals surface area contributed by atoms with Gasteiger partial charge in [0, 0.05) is 38.1 Å². The molecule has 0 bridgehead atoms. The number of aromatic amines is 1. The summed E-state index contributed by atoms with van der Waals surface area (Å²) in [6.07, 6.45) is 4.38. The molecule has 0 saturated carbocycles. The third-order valence-corrected chi connectivity index (χ3v) is 7.78. The van der Waals surface area contributed by atoms with Crippen LogP contribution >= 0.6 is 0 Å². The normalized spacial score (nSPS) is 19.5. The molecule has 4 rings (SSSR count). The Morgan fingerprint density at radius 2 is 1.91 bits per heavy atom. The number of hydrogen-bond donors (Lipinski definition) is 2. The molecule has 2 fully saturated rings. The molecule has 9 nitrogen and oxygen atoms in total. The average Bonchev–Trinajstić information content (AvgIpc) is 3.52. The summed E-state index contributed by atoms with van der Waals surface area (Å²) in [7, 11) is -3.84. The zero-order valence-corrected chi connectivity index (χ0v) is 18.4. The molecule has 0 spiro atoms. The second-order valence-corrected chi connectivity index (χ2v) is 10.1. The van der Waals surface area contributed by atoms with Gasteiger partial charge in [0.25, 0.3) is 5.91 Å². The molecule has 32 heavy (non-hydrogen) atoms. The van der Waals surface area contributed by atoms with Crippen LogP contribution in [0.5, 0.6) is 0 Å². The number of nitrogens with one attached hydrogen (secondary N) is 2. The number of hydrogen-bond acceptors (Lipinski definition) is 5. The maximum Gasteiger partial charge on any atom is 0.270 e. The van der Waals surface area contributed by atoms with Crippen LogP contribution in [0.25, 0.3) is 0 Å². The van der Waals surface area contributed by atoms with Gasteiger partial charge < -0.3 is 15.2 Å². The minimum Gasteiger partial charge on any atom is -0.356 e. The molecule has 0 radical (unpaired) electrons. The van der Waals surface area contributed by atoms with Crippen LogP contribution in [0.15, 0.2) is 41.4 Å². The minimum absolute atomic E-state index is 0.0304. The molecule has 2 saturated heterocycles. The van der Waals surface area contributed by atoms with E-state index in [4.69, 9.17) is 5.26 Å². The summed E-state index contributed by atoms with van der Waals surface area (Å²) in [5.74, 6) is -0.979. The number of anilines is 1. The molecule has 1 aromatic heterocycles. The average molecular weight is 456 g/mol. The van der Waals surface area contributed by atoms with Gasteiger partial charge in [-0.05, 0) is 49.9 Å². The van der Waals surface area contributed by atoms with Crippen molar-refractivity contribution in [1.82, 2.24) is 14.2 Å². The fraction of sp³-hybridized carbons (Fsp3) is 0.409. The number of nitrogens with zero attached hydrogens (tertiary/aromatic N) is 3. The van der Waals surface area contributed by atoms with Gasteiger partial charge in [0.15, 0.2) is 0 Å². The van der Waals surface area contributed by atoms with E-state index in [1.807, 2.05) is 6.07 Å². The lowest BCUT2D eigenvalue weighted by molar-refractivity contribution is -0.120. The predicted molar refractivity (Wildman–Crippen MR) is 117 cm³/mol. The fourth-order valence-electron chi connectivity index (χ4n) is 4.17. The van der Waals surface area contributed by atoms with E-state index in [1.165, 1.54) is 16.6 Å². The van der Waals surface area contributed by atoms with E-state index in [1.54, 1.807) is 29.2 Å². The van der Waals surface area contributed by atoms with E-state index in [0.29, 0.717) is 43.7 Å². The number of piperidine rings is 1. The molecule has 2 N–H and O–H groups in total. The van der Waals surface area contributed by atoms with Crippen molar-refractivity contribution in [2.45, 2.75) is 30.6 Å². The number of H-pyrrole nitrogens is 1. The van der Waals surface area contributed by atoms with E-state index in [-0.39, 0.29) is 28.9 Å². The Labute approximate surface area is 187 Å². The molecule has 1 unspecified atom stereocenters. The van der Waals surface area contributed by atoms with E-state index in [9.17, 15) is 18.0 Å². The van der Waals surface area contributed by atoms with Crippen LogP contribution in [-0.2, 0) is 14.8 Å². The van der Waals surface area contributed by atoms with E-state index in [0.717, 1.165) is 12.8 Å². The van der Waals surface area contributed by atoms with Crippen LogP contribution in [0.3, 0.4) is 0 Å². The number of carbonyl (C=O) groups excluding carboxylic acids is 2. The summed E-state index contributed by atoms with van der Waals surface area (Å²) in [4.78, 5) is 29.8. The quantitative estimate of drug-likeness (QED) is 0.714. The molecular weight excluding hydrogens is 430 g/mol. The van der Waals surface area contributed by atoms with Crippen LogP contribution < -0.4 is 5.32 Å². The molecule has 0 aliphatic carbocycles. The first-order valence-corrected chi connectivity index (χ1v) is 12.1. The summed E-state index contributed by atoms with van der Waals surface area (Å²) in [5, 5.41) is 11.8. The molecule has 1 aromatic carbocycles. The molecule has 3 heterocycles. The zero-order chi connectivity index (χ0) is 22.7. The number of rotatable bonds is 5. The number of nitriles is 1. The topological polar surface area (TPSA) is 126 Å². The molecule has 168 valence electrons. The largest absolute Gasteiger partial charge is 0.356 e. The van der Waals surface area contributed by atoms with Gasteiger partial charge in [-0.1, -0.05) is 6.07 Å². The van der Waals surface area contributed by atoms with Gasteiger partial charge >= 0.3 is 0 Å². The Balaban J connectivity index is 1.44. The summed E-state index contributed by atoms with van der Waals surface area (Å²) < 4.78 is 27.6. The summed E-state index contributed by atoms with van der Waals surface area (Å²) in [6, 6.07) is 10.00. The maximum absolute atomic E-state index is 13.2. The highest BCUT2D eigenvalue weighted by Gasteiger charge is 2.34. The minimum atomic E-state index is -3.84. The van der Waals surface area contributed by atoms with Gasteiger partial charge in [0.05, 0.1) is 17.6 Å². The van der Waals surface area contributed by atoms with Gasteiger partial charge in [0.2, 0.25) is 15.9 Å². The summed E-state index contributed by atoms with van der Waals surface area (Å²) in [6.45, 7) is 1.74. The Hall–Kier alpha value is -3.16. The molecular formula is C22H25N5O4S. The molecule has 2 aliphatic heterocycles. The molecule has 2 aromatic rings. The van der Waals surface area contributed by atoms with Gasteiger partial charge in [0.1, 0.15) is 10.6 Å². The third kappa shape index (κ3) is 4.54. The summed E-state index contributed by atoms with van der Waals surface area (Å²) in [5.41, 5.74) is 1.20. The molecule has 2 aliphatic rings. The number of aromatic nitrogens is 1. The lowest BCUT2D eigenvalue weighted by atomic mass is 9.98. The van der Waals surface area contributed by atoms with Crippen molar-refractivity contribution in [2.75, 3.05) is 31.5 Å². The Kier molecular flexibility index (Phi) is 6.30. The van der Waals surface area contributed by atoms with Crippen LogP contribution in [-0.4, -0.2) is 60.6 Å². The lowest BCUT2D eigenvalue weighted by Gasteiger charge is -2.31. The Bertz CT molecular complexity index is 1160. The van der Waals surface area contributed by atoms with Crippen molar-refractivity contribution in [1.29, 1.82) is 5.26 Å². The van der Waals surface area contributed by atoms with Crippen LogP contribution in [0, 0.1) is 17.2 Å². The fourth-order valence-corrected chi connectivity index (χ4v) is 5.69. The van der Waals surface area contributed by atoms with Crippen molar-refractivity contribution in [3.8, 4) is 6.07 Å². The van der Waals surface area contributed by atoms with Gasteiger partial charge in [-0.3, -0.25) is 9.59 Å². The number of sulfonamides is 1. The zero-order valence-electron chi connectivity index (χ0n) is 17.6. The smallest absolute Gasteiger partial charge is 0.270 e. The van der Waals surface area contributed by atoms with E-state index in [2.05, 4.69) is 10.3 Å². The SMILES string of the molecule is N#Cc1cccc(NC(=O)C2CCCN(S(=O)(=O)c3c[nH]c(C(=O)N4CCCC4)c3)C2)c1. The summed E-state index contributed by atoms with van der Waals surface area (Å²) >= 11 is 0. The van der Waals surface area contributed by atoms with Gasteiger partial charge in [-0.15, -0.1) is 0 Å². The lowest BCUT2D eigenvalue weighted by Crippen LogP contribution is -2.43. The van der Waals surface area contributed by atoms with Crippen molar-refractivity contribution in [2.24, 2.45) is 5.92 Å². The van der Waals surface area contributed by atoms with Crippen LogP contribution in [0.4, 0.5) is 5.69 Å². The Morgan fingerprint density at radius 1 is 1.12 bits per heavy atom. The Morgan fingerprint density at radius 3 is 2.66 bits per heavy atom.